The van der Waals surface area contributed by atoms with E-state index in [-0.39, 0.29) is 0 Å². The number of aryl methyl sites for hydroxylation is 1. The molecule has 0 atom stereocenters. The van der Waals surface area contributed by atoms with Crippen LogP contribution in [0.2, 0.25) is 0 Å². The second-order valence-electron chi connectivity index (χ2n) is 3.99. The van der Waals surface area contributed by atoms with Crippen LogP contribution in [0.5, 0.6) is 0 Å². The molecule has 0 spiro atoms. The number of rotatable bonds is 5. The molecular weight excluding hydrogens is 198 g/mol. The van der Waals surface area contributed by atoms with Crippen molar-refractivity contribution in [3.8, 4) is 0 Å². The number of aromatic amines is 1. The van der Waals surface area contributed by atoms with Crippen LogP contribution in [0.4, 0.5) is 0 Å². The maximum atomic E-state index is 3.98. The Balaban J connectivity index is 1.72. The Kier molecular flexibility index (Phi) is 3.72. The lowest BCUT2D eigenvalue weighted by atomic mass is 10.1. The largest absolute Gasteiger partial charge is 0.347 e. The zero-order chi connectivity index (χ0) is 11.2. The molecule has 0 aliphatic heterocycles. The summed E-state index contributed by atoms with van der Waals surface area (Å²) in [6.45, 7) is 3.97. The Labute approximate surface area is 95.9 Å². The zero-order valence-electron chi connectivity index (χ0n) is 9.53. The number of nitrogens with one attached hydrogen (secondary N) is 2. The van der Waals surface area contributed by atoms with E-state index in [0.717, 1.165) is 25.2 Å². The number of hydrogen-bond acceptors (Lipinski definition) is 2. The molecule has 2 aromatic rings. The summed E-state index contributed by atoms with van der Waals surface area (Å²) in [6.07, 6.45) is 4.62. The van der Waals surface area contributed by atoms with Crippen molar-refractivity contribution in [3.63, 3.8) is 0 Å². The summed E-state index contributed by atoms with van der Waals surface area (Å²) in [7, 11) is 0. The van der Waals surface area contributed by atoms with Crippen LogP contribution in [0.15, 0.2) is 36.8 Å². The normalized spacial score (nSPS) is 10.6. The van der Waals surface area contributed by atoms with E-state index in [2.05, 4.69) is 46.5 Å². The molecule has 0 aliphatic rings. The van der Waals surface area contributed by atoms with E-state index >= 15 is 0 Å². The van der Waals surface area contributed by atoms with Crippen LogP contribution >= 0.6 is 0 Å². The molecule has 2 N–H and O–H groups in total. The Hall–Kier alpha value is -1.61. The number of imidazole rings is 1. The molecule has 3 nitrogen and oxygen atoms in total. The van der Waals surface area contributed by atoms with Gasteiger partial charge < -0.3 is 10.3 Å². The minimum Gasteiger partial charge on any atom is -0.347 e. The average molecular weight is 215 g/mol. The number of benzene rings is 1. The number of aromatic nitrogens is 2. The highest BCUT2D eigenvalue weighted by Crippen LogP contribution is 2.03. The van der Waals surface area contributed by atoms with Crippen molar-refractivity contribution in [1.82, 2.24) is 15.3 Å². The smallest absolute Gasteiger partial charge is 0.0922 e. The summed E-state index contributed by atoms with van der Waals surface area (Å²) in [4.78, 5) is 7.05. The minimum atomic E-state index is 0.853. The van der Waals surface area contributed by atoms with Crippen molar-refractivity contribution in [2.45, 2.75) is 19.9 Å². The van der Waals surface area contributed by atoms with Gasteiger partial charge in [0.25, 0.3) is 0 Å². The van der Waals surface area contributed by atoms with Gasteiger partial charge in [-0.1, -0.05) is 29.8 Å². The highest BCUT2D eigenvalue weighted by molar-refractivity contribution is 5.22. The zero-order valence-corrected chi connectivity index (χ0v) is 9.53. The predicted octanol–water partition coefficient (Wildman–Crippen LogP) is 2.05. The van der Waals surface area contributed by atoms with Crippen molar-refractivity contribution in [2.24, 2.45) is 0 Å². The third-order valence-corrected chi connectivity index (χ3v) is 2.54. The van der Waals surface area contributed by atoms with Gasteiger partial charge in [-0.05, 0) is 25.5 Å². The van der Waals surface area contributed by atoms with Crippen molar-refractivity contribution < 1.29 is 0 Å². The first-order chi connectivity index (χ1) is 7.84. The van der Waals surface area contributed by atoms with Crippen molar-refractivity contribution in [2.75, 3.05) is 6.54 Å². The van der Waals surface area contributed by atoms with Gasteiger partial charge in [-0.15, -0.1) is 0 Å². The number of nitrogens with zero attached hydrogens (tertiary/aromatic N) is 1. The summed E-state index contributed by atoms with van der Waals surface area (Å²) in [5.74, 6) is 0. The first-order valence-corrected chi connectivity index (χ1v) is 5.58. The number of H-pyrrole nitrogens is 1. The fraction of sp³-hybridized carbons (Fsp3) is 0.308. The molecule has 84 valence electrons. The molecule has 3 heteroatoms. The first-order valence-electron chi connectivity index (χ1n) is 5.58. The van der Waals surface area contributed by atoms with E-state index < -0.39 is 0 Å². The molecule has 0 unspecified atom stereocenters. The molecular formula is C13H17N3. The van der Waals surface area contributed by atoms with Crippen LogP contribution in [0.1, 0.15) is 16.8 Å². The molecule has 0 saturated carbocycles. The average Bonchev–Trinajstić information content (AvgIpc) is 2.77. The lowest BCUT2D eigenvalue weighted by Gasteiger charge is -2.04. The van der Waals surface area contributed by atoms with Crippen LogP contribution in [0, 0.1) is 6.92 Å². The van der Waals surface area contributed by atoms with Crippen molar-refractivity contribution in [1.29, 1.82) is 0 Å². The molecule has 0 bridgehead atoms. The summed E-state index contributed by atoms with van der Waals surface area (Å²) in [6, 6.07) is 8.64. The van der Waals surface area contributed by atoms with Gasteiger partial charge in [-0.3, -0.25) is 0 Å². The maximum Gasteiger partial charge on any atom is 0.0922 e. The SMILES string of the molecule is Cc1cccc(CCNCc2cnc[nH]2)c1. The fourth-order valence-electron chi connectivity index (χ4n) is 1.70. The lowest BCUT2D eigenvalue weighted by molar-refractivity contribution is 0.677. The maximum absolute atomic E-state index is 3.98. The summed E-state index contributed by atoms with van der Waals surface area (Å²) >= 11 is 0. The third-order valence-electron chi connectivity index (χ3n) is 2.54. The Morgan fingerprint density at radius 2 is 2.31 bits per heavy atom. The van der Waals surface area contributed by atoms with Gasteiger partial charge in [-0.2, -0.15) is 0 Å². The molecule has 0 radical (unpaired) electrons. The topological polar surface area (TPSA) is 40.7 Å². The second kappa shape index (κ2) is 5.47. The van der Waals surface area contributed by atoms with Crippen LogP contribution in [0.25, 0.3) is 0 Å². The molecule has 1 aromatic heterocycles. The third kappa shape index (κ3) is 3.21. The first kappa shape index (κ1) is 10.9. The van der Waals surface area contributed by atoms with Gasteiger partial charge in [0.1, 0.15) is 0 Å². The quantitative estimate of drug-likeness (QED) is 0.749. The van der Waals surface area contributed by atoms with Gasteiger partial charge in [0.05, 0.1) is 6.33 Å². The Morgan fingerprint density at radius 3 is 3.06 bits per heavy atom. The van der Waals surface area contributed by atoms with Gasteiger partial charge in [0.2, 0.25) is 0 Å². The summed E-state index contributed by atoms with van der Waals surface area (Å²) in [5.41, 5.74) is 3.84. The van der Waals surface area contributed by atoms with Crippen molar-refractivity contribution >= 4 is 0 Å². The van der Waals surface area contributed by atoms with Gasteiger partial charge in [-0.25, -0.2) is 4.98 Å². The van der Waals surface area contributed by atoms with Gasteiger partial charge in [0.15, 0.2) is 0 Å². The highest BCUT2D eigenvalue weighted by atomic mass is 14.9. The van der Waals surface area contributed by atoms with E-state index in [4.69, 9.17) is 0 Å². The van der Waals surface area contributed by atoms with E-state index in [1.165, 1.54) is 11.1 Å². The molecule has 1 heterocycles. The summed E-state index contributed by atoms with van der Waals surface area (Å²) < 4.78 is 0. The summed E-state index contributed by atoms with van der Waals surface area (Å²) in [5, 5.41) is 3.38. The molecule has 0 aliphatic carbocycles. The monoisotopic (exact) mass is 215 g/mol. The number of hydrogen-bond donors (Lipinski definition) is 2. The minimum absolute atomic E-state index is 0.853. The van der Waals surface area contributed by atoms with E-state index in [0.29, 0.717) is 0 Å². The van der Waals surface area contributed by atoms with Crippen LogP contribution in [-0.2, 0) is 13.0 Å². The highest BCUT2D eigenvalue weighted by Gasteiger charge is 1.95. The van der Waals surface area contributed by atoms with Crippen molar-refractivity contribution in [3.05, 3.63) is 53.6 Å². The standard InChI is InChI=1S/C13H17N3/c1-11-3-2-4-12(7-11)5-6-14-8-13-9-15-10-16-13/h2-4,7,9-10,14H,5-6,8H2,1H3,(H,15,16). The second-order valence-corrected chi connectivity index (χ2v) is 3.99. The Bertz CT molecular complexity index is 421. The lowest BCUT2D eigenvalue weighted by Crippen LogP contribution is -2.16. The molecule has 0 fully saturated rings. The van der Waals surface area contributed by atoms with E-state index in [1.54, 1.807) is 6.33 Å². The van der Waals surface area contributed by atoms with Gasteiger partial charge >= 0.3 is 0 Å². The fourth-order valence-corrected chi connectivity index (χ4v) is 1.70. The molecule has 1 aromatic carbocycles. The molecule has 0 saturated heterocycles. The molecule has 2 rings (SSSR count). The van der Waals surface area contributed by atoms with Crippen LogP contribution < -0.4 is 5.32 Å². The Morgan fingerprint density at radius 1 is 1.38 bits per heavy atom. The van der Waals surface area contributed by atoms with Crippen LogP contribution in [0.3, 0.4) is 0 Å². The van der Waals surface area contributed by atoms with E-state index in [1.807, 2.05) is 6.20 Å². The van der Waals surface area contributed by atoms with Crippen LogP contribution in [-0.4, -0.2) is 16.5 Å². The molecule has 16 heavy (non-hydrogen) atoms. The van der Waals surface area contributed by atoms with E-state index in [9.17, 15) is 0 Å². The van der Waals surface area contributed by atoms with Gasteiger partial charge in [0, 0.05) is 18.4 Å². The molecule has 0 amide bonds. The predicted molar refractivity (Wildman–Crippen MR) is 65.2 cm³/mol.